The van der Waals surface area contributed by atoms with E-state index in [1.807, 2.05) is 42.7 Å². The van der Waals surface area contributed by atoms with Crippen LogP contribution in [0.4, 0.5) is 0 Å². The SMILES string of the molecule is CCn1c(SCC(=O)NCC(=O)NC)nnc1-c1ccccc1C. The van der Waals surface area contributed by atoms with Crippen LogP contribution in [0, 0.1) is 6.92 Å². The molecule has 0 saturated heterocycles. The first kappa shape index (κ1) is 18.0. The van der Waals surface area contributed by atoms with E-state index >= 15 is 0 Å². The van der Waals surface area contributed by atoms with Crippen LogP contribution in [0.1, 0.15) is 12.5 Å². The first-order chi connectivity index (χ1) is 11.6. The van der Waals surface area contributed by atoms with Crippen molar-refractivity contribution in [2.45, 2.75) is 25.5 Å². The Bertz CT molecular complexity index is 729. The predicted octanol–water partition coefficient (Wildman–Crippen LogP) is 1.23. The summed E-state index contributed by atoms with van der Waals surface area (Å²) in [7, 11) is 1.53. The Kier molecular flexibility index (Phi) is 6.36. The fraction of sp³-hybridized carbons (Fsp3) is 0.375. The minimum absolute atomic E-state index is 0.0230. The Labute approximate surface area is 145 Å². The van der Waals surface area contributed by atoms with E-state index in [2.05, 4.69) is 20.8 Å². The van der Waals surface area contributed by atoms with Gasteiger partial charge in [0.2, 0.25) is 11.8 Å². The number of thioether (sulfide) groups is 1. The highest BCUT2D eigenvalue weighted by atomic mass is 32.2. The van der Waals surface area contributed by atoms with E-state index in [4.69, 9.17) is 0 Å². The second kappa shape index (κ2) is 8.49. The van der Waals surface area contributed by atoms with Crippen molar-refractivity contribution in [2.24, 2.45) is 0 Å². The topological polar surface area (TPSA) is 88.9 Å². The number of nitrogens with zero attached hydrogens (tertiary/aromatic N) is 3. The molecule has 1 heterocycles. The van der Waals surface area contributed by atoms with Gasteiger partial charge in [0.25, 0.3) is 0 Å². The van der Waals surface area contributed by atoms with Gasteiger partial charge in [-0.25, -0.2) is 0 Å². The lowest BCUT2D eigenvalue weighted by Crippen LogP contribution is -2.36. The fourth-order valence-electron chi connectivity index (χ4n) is 2.15. The lowest BCUT2D eigenvalue weighted by molar-refractivity contribution is -0.124. The van der Waals surface area contributed by atoms with Gasteiger partial charge in [-0.05, 0) is 19.4 Å². The van der Waals surface area contributed by atoms with Crippen molar-refractivity contribution in [3.63, 3.8) is 0 Å². The van der Waals surface area contributed by atoms with Gasteiger partial charge in [-0.1, -0.05) is 36.0 Å². The van der Waals surface area contributed by atoms with Crippen LogP contribution in [0.5, 0.6) is 0 Å². The Hall–Kier alpha value is -2.35. The standard InChI is InChI=1S/C16H21N5O2S/c1-4-21-15(12-8-6-5-7-11(12)2)19-20-16(21)24-10-14(23)18-9-13(22)17-3/h5-8H,4,9-10H2,1-3H3,(H,17,22)(H,18,23). The average molecular weight is 347 g/mol. The summed E-state index contributed by atoms with van der Waals surface area (Å²) in [5.41, 5.74) is 2.15. The van der Waals surface area contributed by atoms with Gasteiger partial charge < -0.3 is 15.2 Å². The van der Waals surface area contributed by atoms with Crippen molar-refractivity contribution in [2.75, 3.05) is 19.3 Å². The maximum Gasteiger partial charge on any atom is 0.239 e. The largest absolute Gasteiger partial charge is 0.358 e. The molecule has 7 nitrogen and oxygen atoms in total. The molecule has 0 unspecified atom stereocenters. The summed E-state index contributed by atoms with van der Waals surface area (Å²) in [6.45, 7) is 4.73. The van der Waals surface area contributed by atoms with Gasteiger partial charge in [0.05, 0.1) is 12.3 Å². The third-order valence-corrected chi connectivity index (χ3v) is 4.44. The van der Waals surface area contributed by atoms with E-state index in [1.54, 1.807) is 0 Å². The molecule has 24 heavy (non-hydrogen) atoms. The molecule has 0 atom stereocenters. The lowest BCUT2D eigenvalue weighted by atomic mass is 10.1. The second-order valence-corrected chi connectivity index (χ2v) is 6.05. The number of hydrogen-bond acceptors (Lipinski definition) is 5. The normalized spacial score (nSPS) is 10.5. The number of carbonyl (C=O) groups excluding carboxylic acids is 2. The number of benzene rings is 1. The van der Waals surface area contributed by atoms with Crippen LogP contribution in [-0.4, -0.2) is 45.9 Å². The molecule has 1 aromatic heterocycles. The molecule has 2 aromatic rings. The summed E-state index contributed by atoms with van der Waals surface area (Å²) in [6, 6.07) is 7.99. The summed E-state index contributed by atoms with van der Waals surface area (Å²) in [6.07, 6.45) is 0. The maximum atomic E-state index is 11.8. The Morgan fingerprint density at radius 1 is 1.21 bits per heavy atom. The van der Waals surface area contributed by atoms with Crippen molar-refractivity contribution in [3.05, 3.63) is 29.8 Å². The molecular weight excluding hydrogens is 326 g/mol. The minimum atomic E-state index is -0.230. The van der Waals surface area contributed by atoms with Crippen LogP contribution < -0.4 is 10.6 Å². The van der Waals surface area contributed by atoms with Gasteiger partial charge in [-0.3, -0.25) is 9.59 Å². The molecule has 2 amide bonds. The Morgan fingerprint density at radius 2 is 1.96 bits per heavy atom. The molecule has 2 N–H and O–H groups in total. The molecule has 0 aliphatic rings. The monoisotopic (exact) mass is 347 g/mol. The van der Waals surface area contributed by atoms with Gasteiger partial charge >= 0.3 is 0 Å². The summed E-state index contributed by atoms with van der Waals surface area (Å²) >= 11 is 1.31. The van der Waals surface area contributed by atoms with Gasteiger partial charge in [0, 0.05) is 19.2 Å². The van der Waals surface area contributed by atoms with Crippen molar-refractivity contribution in [1.82, 2.24) is 25.4 Å². The van der Waals surface area contributed by atoms with Crippen LogP contribution in [0.15, 0.2) is 29.4 Å². The van der Waals surface area contributed by atoms with Crippen molar-refractivity contribution < 1.29 is 9.59 Å². The summed E-state index contributed by atoms with van der Waals surface area (Å²) in [5.74, 6) is 0.533. The Morgan fingerprint density at radius 3 is 2.62 bits per heavy atom. The first-order valence-electron chi connectivity index (χ1n) is 7.66. The molecular formula is C16H21N5O2S. The van der Waals surface area contributed by atoms with Crippen LogP contribution >= 0.6 is 11.8 Å². The van der Waals surface area contributed by atoms with E-state index in [9.17, 15) is 9.59 Å². The predicted molar refractivity (Wildman–Crippen MR) is 93.7 cm³/mol. The zero-order valence-corrected chi connectivity index (χ0v) is 14.8. The highest BCUT2D eigenvalue weighted by Crippen LogP contribution is 2.25. The van der Waals surface area contributed by atoms with Crippen molar-refractivity contribution in [3.8, 4) is 11.4 Å². The van der Waals surface area contributed by atoms with E-state index in [0.717, 1.165) is 17.0 Å². The molecule has 0 radical (unpaired) electrons. The molecule has 128 valence electrons. The van der Waals surface area contributed by atoms with Crippen molar-refractivity contribution >= 4 is 23.6 Å². The highest BCUT2D eigenvalue weighted by molar-refractivity contribution is 7.99. The maximum absolute atomic E-state index is 11.8. The van der Waals surface area contributed by atoms with E-state index in [1.165, 1.54) is 18.8 Å². The molecule has 1 aromatic carbocycles. The van der Waals surface area contributed by atoms with Gasteiger partial charge in [0.15, 0.2) is 11.0 Å². The quantitative estimate of drug-likeness (QED) is 0.736. The Balaban J connectivity index is 2.06. The molecule has 0 bridgehead atoms. The molecule has 2 rings (SSSR count). The lowest BCUT2D eigenvalue weighted by Gasteiger charge is -2.09. The molecule has 0 aliphatic carbocycles. The van der Waals surface area contributed by atoms with Gasteiger partial charge in [-0.2, -0.15) is 0 Å². The molecule has 0 aliphatic heterocycles. The third kappa shape index (κ3) is 4.35. The first-order valence-corrected chi connectivity index (χ1v) is 8.64. The van der Waals surface area contributed by atoms with Crippen molar-refractivity contribution in [1.29, 1.82) is 0 Å². The average Bonchev–Trinajstić information content (AvgIpc) is 3.00. The van der Waals surface area contributed by atoms with Crippen LogP contribution in [0.25, 0.3) is 11.4 Å². The number of hydrogen-bond donors (Lipinski definition) is 2. The van der Waals surface area contributed by atoms with Crippen LogP contribution in [-0.2, 0) is 16.1 Å². The molecule has 8 heteroatoms. The van der Waals surface area contributed by atoms with E-state index < -0.39 is 0 Å². The van der Waals surface area contributed by atoms with Crippen LogP contribution in [0.3, 0.4) is 0 Å². The highest BCUT2D eigenvalue weighted by Gasteiger charge is 2.15. The number of carbonyl (C=O) groups is 2. The number of nitrogens with one attached hydrogen (secondary N) is 2. The van der Waals surface area contributed by atoms with E-state index in [-0.39, 0.29) is 24.1 Å². The smallest absolute Gasteiger partial charge is 0.239 e. The summed E-state index contributed by atoms with van der Waals surface area (Å²) in [5, 5.41) is 14.2. The molecule has 0 fully saturated rings. The van der Waals surface area contributed by atoms with Crippen LogP contribution in [0.2, 0.25) is 0 Å². The van der Waals surface area contributed by atoms with Gasteiger partial charge in [0.1, 0.15) is 0 Å². The second-order valence-electron chi connectivity index (χ2n) is 5.10. The number of likely N-dealkylation sites (N-methyl/N-ethyl adjacent to an activating group) is 1. The number of rotatable bonds is 7. The number of amides is 2. The molecule has 0 spiro atoms. The zero-order valence-electron chi connectivity index (χ0n) is 14.0. The third-order valence-electron chi connectivity index (χ3n) is 3.48. The zero-order chi connectivity index (χ0) is 17.5. The van der Waals surface area contributed by atoms with Gasteiger partial charge in [-0.15, -0.1) is 10.2 Å². The number of aromatic nitrogens is 3. The summed E-state index contributed by atoms with van der Waals surface area (Å²) < 4.78 is 1.99. The number of aryl methyl sites for hydroxylation is 1. The fourth-order valence-corrected chi connectivity index (χ4v) is 2.98. The van der Waals surface area contributed by atoms with E-state index in [0.29, 0.717) is 11.7 Å². The summed E-state index contributed by atoms with van der Waals surface area (Å²) in [4.78, 5) is 22.9. The molecule has 0 saturated carbocycles. The minimum Gasteiger partial charge on any atom is -0.358 e.